The molecule has 0 spiro atoms. The van der Waals surface area contributed by atoms with Crippen LogP contribution in [0, 0.1) is 12.3 Å². The number of amidine groups is 1. The Morgan fingerprint density at radius 1 is 1.30 bits per heavy atom. The molecular formula is C14H21N3O2S. The number of aryl methyl sites for hydroxylation is 1. The van der Waals surface area contributed by atoms with Crippen LogP contribution in [0.5, 0.6) is 0 Å². The molecule has 1 aromatic carbocycles. The lowest BCUT2D eigenvalue weighted by Gasteiger charge is -2.27. The summed E-state index contributed by atoms with van der Waals surface area (Å²) >= 11 is 0. The van der Waals surface area contributed by atoms with Gasteiger partial charge in [-0.25, -0.2) is 8.42 Å². The van der Waals surface area contributed by atoms with Crippen molar-refractivity contribution < 1.29 is 8.42 Å². The highest BCUT2D eigenvalue weighted by Gasteiger charge is 2.33. The van der Waals surface area contributed by atoms with Gasteiger partial charge in [0.2, 0.25) is 10.0 Å². The molecule has 0 unspecified atom stereocenters. The molecule has 0 heterocycles. The first kappa shape index (κ1) is 15.0. The highest BCUT2D eigenvalue weighted by molar-refractivity contribution is 7.89. The minimum absolute atomic E-state index is 0.0269. The first-order chi connectivity index (χ1) is 9.41. The average Bonchev–Trinajstić information content (AvgIpc) is 2.89. The van der Waals surface area contributed by atoms with Crippen LogP contribution < -0.4 is 5.73 Å². The van der Waals surface area contributed by atoms with Crippen LogP contribution in [0.2, 0.25) is 0 Å². The summed E-state index contributed by atoms with van der Waals surface area (Å²) in [7, 11) is -3.58. The van der Waals surface area contributed by atoms with E-state index in [0.29, 0.717) is 0 Å². The van der Waals surface area contributed by atoms with Crippen molar-refractivity contribution in [3.05, 3.63) is 29.8 Å². The van der Waals surface area contributed by atoms with E-state index >= 15 is 0 Å². The largest absolute Gasteiger partial charge is 0.387 e. The molecule has 1 aliphatic carbocycles. The first-order valence-corrected chi connectivity index (χ1v) is 8.26. The zero-order chi connectivity index (χ0) is 14.8. The maximum absolute atomic E-state index is 12.7. The second-order valence-electron chi connectivity index (χ2n) is 5.33. The van der Waals surface area contributed by atoms with E-state index < -0.39 is 10.0 Å². The molecule has 20 heavy (non-hydrogen) atoms. The predicted molar refractivity (Wildman–Crippen MR) is 79.2 cm³/mol. The Hall–Kier alpha value is -1.40. The molecule has 6 heteroatoms. The van der Waals surface area contributed by atoms with Crippen molar-refractivity contribution in [2.75, 3.05) is 6.54 Å². The van der Waals surface area contributed by atoms with Gasteiger partial charge in [0.05, 0.1) is 11.4 Å². The van der Waals surface area contributed by atoms with Gasteiger partial charge < -0.3 is 5.73 Å². The van der Waals surface area contributed by atoms with Crippen LogP contribution in [0.3, 0.4) is 0 Å². The molecule has 1 aliphatic rings. The maximum Gasteiger partial charge on any atom is 0.243 e. The third kappa shape index (κ3) is 3.19. The lowest BCUT2D eigenvalue weighted by Crippen LogP contribution is -2.43. The fourth-order valence-corrected chi connectivity index (χ4v) is 4.28. The van der Waals surface area contributed by atoms with Gasteiger partial charge in [0, 0.05) is 6.04 Å². The smallest absolute Gasteiger partial charge is 0.243 e. The first-order valence-electron chi connectivity index (χ1n) is 6.82. The van der Waals surface area contributed by atoms with Crippen molar-refractivity contribution in [3.63, 3.8) is 0 Å². The number of benzene rings is 1. The highest BCUT2D eigenvalue weighted by atomic mass is 32.2. The van der Waals surface area contributed by atoms with Gasteiger partial charge in [-0.1, -0.05) is 30.5 Å². The summed E-state index contributed by atoms with van der Waals surface area (Å²) in [5, 5.41) is 7.44. The Kier molecular flexibility index (Phi) is 4.45. The third-order valence-corrected chi connectivity index (χ3v) is 5.60. The van der Waals surface area contributed by atoms with Crippen LogP contribution in [0.4, 0.5) is 0 Å². The van der Waals surface area contributed by atoms with Crippen molar-refractivity contribution in [3.8, 4) is 0 Å². The van der Waals surface area contributed by atoms with E-state index in [-0.39, 0.29) is 23.3 Å². The molecule has 0 aliphatic heterocycles. The van der Waals surface area contributed by atoms with Crippen molar-refractivity contribution in [1.29, 1.82) is 5.41 Å². The zero-order valence-corrected chi connectivity index (χ0v) is 12.5. The van der Waals surface area contributed by atoms with Crippen LogP contribution in [-0.4, -0.2) is 31.1 Å². The predicted octanol–water partition coefficient (Wildman–Crippen LogP) is 1.86. The number of nitrogens with zero attached hydrogens (tertiary/aromatic N) is 1. The molecule has 1 fully saturated rings. The number of nitrogens with two attached hydrogens (primary N) is 1. The molecule has 0 amide bonds. The van der Waals surface area contributed by atoms with Crippen molar-refractivity contribution in [2.45, 2.75) is 43.5 Å². The minimum Gasteiger partial charge on any atom is -0.387 e. The van der Waals surface area contributed by atoms with Gasteiger partial charge in [0.25, 0.3) is 0 Å². The average molecular weight is 295 g/mol. The van der Waals surface area contributed by atoms with E-state index in [9.17, 15) is 8.42 Å². The number of hydrogen-bond donors (Lipinski definition) is 2. The summed E-state index contributed by atoms with van der Waals surface area (Å²) < 4.78 is 26.9. The molecule has 1 aromatic rings. The second-order valence-corrected chi connectivity index (χ2v) is 7.22. The second kappa shape index (κ2) is 5.93. The van der Waals surface area contributed by atoms with Gasteiger partial charge in [-0.15, -0.1) is 0 Å². The third-order valence-electron chi connectivity index (χ3n) is 3.69. The van der Waals surface area contributed by atoms with Crippen LogP contribution in [0.25, 0.3) is 0 Å². The standard InChI is InChI=1S/C14H21N3O2S/c1-11-6-8-13(9-7-11)20(18,19)17(10-14(15)16)12-4-2-3-5-12/h6-9,12H,2-5,10H2,1H3,(H3,15,16). The monoisotopic (exact) mass is 295 g/mol. The van der Waals surface area contributed by atoms with Crippen molar-refractivity contribution in [1.82, 2.24) is 4.31 Å². The SMILES string of the molecule is Cc1ccc(S(=O)(=O)N(CC(=N)N)C2CCCC2)cc1. The molecule has 5 nitrogen and oxygen atoms in total. The summed E-state index contributed by atoms with van der Waals surface area (Å²) in [4.78, 5) is 0.274. The molecule has 0 bridgehead atoms. The van der Waals surface area contributed by atoms with Gasteiger partial charge in [0.15, 0.2) is 0 Å². The molecular weight excluding hydrogens is 274 g/mol. The number of rotatable bonds is 5. The zero-order valence-electron chi connectivity index (χ0n) is 11.7. The number of hydrogen-bond acceptors (Lipinski definition) is 3. The summed E-state index contributed by atoms with van der Waals surface area (Å²) in [6.45, 7) is 1.89. The van der Waals surface area contributed by atoms with Crippen molar-refractivity contribution >= 4 is 15.9 Å². The minimum atomic E-state index is -3.58. The van der Waals surface area contributed by atoms with Crippen LogP contribution in [0.1, 0.15) is 31.2 Å². The molecule has 0 radical (unpaired) electrons. The fourth-order valence-electron chi connectivity index (χ4n) is 2.62. The Morgan fingerprint density at radius 3 is 2.35 bits per heavy atom. The van der Waals surface area contributed by atoms with Gasteiger partial charge in [0.1, 0.15) is 5.84 Å². The van der Waals surface area contributed by atoms with Crippen LogP contribution in [0.15, 0.2) is 29.2 Å². The van der Waals surface area contributed by atoms with E-state index in [2.05, 4.69) is 0 Å². The summed E-state index contributed by atoms with van der Waals surface area (Å²) in [6.07, 6.45) is 3.75. The number of sulfonamides is 1. The molecule has 0 atom stereocenters. The Labute approximate surface area is 120 Å². The normalized spacial score (nSPS) is 16.7. The van der Waals surface area contributed by atoms with Gasteiger partial charge in [-0.2, -0.15) is 4.31 Å². The van der Waals surface area contributed by atoms with E-state index in [0.717, 1.165) is 31.2 Å². The number of nitrogens with one attached hydrogen (secondary N) is 1. The van der Waals surface area contributed by atoms with Gasteiger partial charge in [-0.3, -0.25) is 5.41 Å². The lowest BCUT2D eigenvalue weighted by molar-refractivity contribution is 0.353. The summed E-state index contributed by atoms with van der Waals surface area (Å²) in [5.41, 5.74) is 6.45. The van der Waals surface area contributed by atoms with E-state index in [1.54, 1.807) is 24.3 Å². The quantitative estimate of drug-likeness (QED) is 0.642. The van der Waals surface area contributed by atoms with Crippen LogP contribution in [-0.2, 0) is 10.0 Å². The Balaban J connectivity index is 2.34. The molecule has 3 N–H and O–H groups in total. The topological polar surface area (TPSA) is 87.2 Å². The van der Waals surface area contributed by atoms with Gasteiger partial charge >= 0.3 is 0 Å². The summed E-state index contributed by atoms with van der Waals surface area (Å²) in [6, 6.07) is 6.77. The fraction of sp³-hybridized carbons (Fsp3) is 0.500. The van der Waals surface area contributed by atoms with Gasteiger partial charge in [-0.05, 0) is 31.9 Å². The van der Waals surface area contributed by atoms with E-state index in [1.165, 1.54) is 4.31 Å². The van der Waals surface area contributed by atoms with E-state index in [1.807, 2.05) is 6.92 Å². The maximum atomic E-state index is 12.7. The summed E-state index contributed by atoms with van der Waals surface area (Å²) in [5.74, 6) is -0.118. The van der Waals surface area contributed by atoms with Crippen molar-refractivity contribution in [2.24, 2.45) is 5.73 Å². The molecule has 1 saturated carbocycles. The highest BCUT2D eigenvalue weighted by Crippen LogP contribution is 2.28. The molecule has 0 saturated heterocycles. The Bertz CT molecular complexity index is 575. The van der Waals surface area contributed by atoms with E-state index in [4.69, 9.17) is 11.1 Å². The molecule has 0 aromatic heterocycles. The lowest BCUT2D eigenvalue weighted by atomic mass is 10.2. The Morgan fingerprint density at radius 2 is 1.85 bits per heavy atom. The van der Waals surface area contributed by atoms with Crippen LogP contribution >= 0.6 is 0 Å². The molecule has 110 valence electrons. The molecule has 2 rings (SSSR count).